The van der Waals surface area contributed by atoms with Crippen molar-refractivity contribution in [2.24, 2.45) is 5.92 Å². The van der Waals surface area contributed by atoms with E-state index in [1.165, 1.54) is 0 Å². The molecule has 1 rings (SSSR count). The van der Waals surface area contributed by atoms with Crippen molar-refractivity contribution in [3.8, 4) is 5.75 Å². The van der Waals surface area contributed by atoms with Gasteiger partial charge in [0.1, 0.15) is 5.75 Å². The minimum absolute atomic E-state index is 0.0541. The molecule has 0 amide bonds. The molecule has 0 spiro atoms. The second-order valence-electron chi connectivity index (χ2n) is 4.54. The van der Waals surface area contributed by atoms with Crippen molar-refractivity contribution in [1.82, 2.24) is 0 Å². The van der Waals surface area contributed by atoms with Crippen LogP contribution in [0.15, 0.2) is 30.3 Å². The fourth-order valence-corrected chi connectivity index (χ4v) is 1.65. The summed E-state index contributed by atoms with van der Waals surface area (Å²) in [6.07, 6.45) is 1.42. The maximum Gasteiger partial charge on any atom is 0.309 e. The van der Waals surface area contributed by atoms with Gasteiger partial charge in [0.15, 0.2) is 0 Å². The van der Waals surface area contributed by atoms with Crippen LogP contribution in [-0.4, -0.2) is 18.7 Å². The third-order valence-electron chi connectivity index (χ3n) is 2.66. The first-order valence-corrected chi connectivity index (χ1v) is 6.51. The van der Waals surface area contributed by atoms with Crippen molar-refractivity contribution >= 4 is 5.97 Å². The van der Waals surface area contributed by atoms with Crippen LogP contribution in [0.5, 0.6) is 5.75 Å². The minimum Gasteiger partial charge on any atom is -0.494 e. The zero-order valence-corrected chi connectivity index (χ0v) is 11.4. The Morgan fingerprint density at radius 2 is 1.89 bits per heavy atom. The average Bonchev–Trinajstić information content (AvgIpc) is 2.35. The van der Waals surface area contributed by atoms with Crippen LogP contribution in [0.1, 0.15) is 33.6 Å². The van der Waals surface area contributed by atoms with Crippen LogP contribution < -0.4 is 4.74 Å². The van der Waals surface area contributed by atoms with Crippen LogP contribution >= 0.6 is 0 Å². The van der Waals surface area contributed by atoms with E-state index in [0.717, 1.165) is 12.2 Å². The van der Waals surface area contributed by atoms with Crippen LogP contribution in [0.2, 0.25) is 0 Å². The van der Waals surface area contributed by atoms with Gasteiger partial charge in [-0.15, -0.1) is 0 Å². The fourth-order valence-electron chi connectivity index (χ4n) is 1.65. The number of hydrogen-bond donors (Lipinski definition) is 0. The highest BCUT2D eigenvalue weighted by Gasteiger charge is 2.18. The molecule has 0 aromatic heterocycles. The van der Waals surface area contributed by atoms with E-state index in [0.29, 0.717) is 13.0 Å². The second kappa shape index (κ2) is 7.75. The normalized spacial score (nSPS) is 12.2. The molecule has 0 unspecified atom stereocenters. The van der Waals surface area contributed by atoms with E-state index < -0.39 is 0 Å². The first-order valence-electron chi connectivity index (χ1n) is 6.51. The van der Waals surface area contributed by atoms with Gasteiger partial charge in [-0.05, 0) is 38.8 Å². The van der Waals surface area contributed by atoms with E-state index in [4.69, 9.17) is 9.47 Å². The summed E-state index contributed by atoms with van der Waals surface area (Å²) >= 11 is 0. The number of para-hydroxylation sites is 1. The maximum atomic E-state index is 11.7. The van der Waals surface area contributed by atoms with Crippen molar-refractivity contribution < 1.29 is 14.3 Å². The van der Waals surface area contributed by atoms with Crippen molar-refractivity contribution in [1.29, 1.82) is 0 Å². The molecular weight excluding hydrogens is 228 g/mol. The third kappa shape index (κ3) is 5.21. The van der Waals surface area contributed by atoms with Crippen molar-refractivity contribution in [2.75, 3.05) is 6.61 Å². The van der Waals surface area contributed by atoms with Crippen molar-refractivity contribution in [3.63, 3.8) is 0 Å². The summed E-state index contributed by atoms with van der Waals surface area (Å²) in [6.45, 7) is 6.26. The Bertz CT molecular complexity index is 346. The lowest BCUT2D eigenvalue weighted by atomic mass is 10.0. The smallest absolute Gasteiger partial charge is 0.309 e. The molecule has 0 bridgehead atoms. The fraction of sp³-hybridized carbons (Fsp3) is 0.533. The van der Waals surface area contributed by atoms with Gasteiger partial charge in [0, 0.05) is 0 Å². The number of esters is 1. The number of carbonyl (C=O) groups excluding carboxylic acids is 1. The van der Waals surface area contributed by atoms with Gasteiger partial charge in [-0.3, -0.25) is 4.79 Å². The maximum absolute atomic E-state index is 11.7. The number of benzene rings is 1. The first kappa shape index (κ1) is 14.6. The van der Waals surface area contributed by atoms with Crippen LogP contribution in [0, 0.1) is 5.92 Å². The molecule has 3 heteroatoms. The lowest BCUT2D eigenvalue weighted by Gasteiger charge is -2.16. The molecule has 0 radical (unpaired) electrons. The molecule has 0 fully saturated rings. The molecule has 1 atom stereocenters. The third-order valence-corrected chi connectivity index (χ3v) is 2.66. The lowest BCUT2D eigenvalue weighted by Crippen LogP contribution is -2.22. The standard InChI is InChI=1S/C15H22O3/c1-4-13(15(16)18-12(2)3)10-11-17-14-8-6-5-7-9-14/h5-9,12-13H,4,10-11H2,1-3H3/t13-/m1/s1. The number of ether oxygens (including phenoxy) is 2. The van der Waals surface area contributed by atoms with Gasteiger partial charge in [0.25, 0.3) is 0 Å². The Kier molecular flexibility index (Phi) is 6.26. The zero-order valence-electron chi connectivity index (χ0n) is 11.4. The molecule has 0 aliphatic rings. The van der Waals surface area contributed by atoms with E-state index >= 15 is 0 Å². The molecule has 0 aliphatic heterocycles. The minimum atomic E-state index is -0.121. The number of hydrogen-bond acceptors (Lipinski definition) is 3. The molecule has 0 saturated carbocycles. The molecule has 0 heterocycles. The summed E-state index contributed by atoms with van der Waals surface area (Å²) in [7, 11) is 0. The van der Waals surface area contributed by atoms with Gasteiger partial charge in [-0.1, -0.05) is 25.1 Å². The predicted octanol–water partition coefficient (Wildman–Crippen LogP) is 3.43. The summed E-state index contributed by atoms with van der Waals surface area (Å²) in [5, 5.41) is 0. The van der Waals surface area contributed by atoms with Gasteiger partial charge in [0.05, 0.1) is 18.6 Å². The van der Waals surface area contributed by atoms with Crippen molar-refractivity contribution in [2.45, 2.75) is 39.7 Å². The molecule has 100 valence electrons. The molecular formula is C15H22O3. The number of rotatable bonds is 7. The molecule has 0 saturated heterocycles. The van der Waals surface area contributed by atoms with Gasteiger partial charge in [0.2, 0.25) is 0 Å². The predicted molar refractivity (Wildman–Crippen MR) is 71.6 cm³/mol. The van der Waals surface area contributed by atoms with E-state index in [2.05, 4.69) is 0 Å². The van der Waals surface area contributed by atoms with E-state index in [9.17, 15) is 4.79 Å². The molecule has 1 aromatic carbocycles. The SMILES string of the molecule is CC[C@H](CCOc1ccccc1)C(=O)OC(C)C. The summed E-state index contributed by atoms with van der Waals surface area (Å²) in [6, 6.07) is 9.63. The lowest BCUT2D eigenvalue weighted by molar-refractivity contribution is -0.153. The summed E-state index contributed by atoms with van der Waals surface area (Å²) in [4.78, 5) is 11.7. The van der Waals surface area contributed by atoms with E-state index in [1.807, 2.05) is 51.1 Å². The summed E-state index contributed by atoms with van der Waals surface area (Å²) in [5.74, 6) is 0.643. The Morgan fingerprint density at radius 3 is 2.44 bits per heavy atom. The Labute approximate surface area is 109 Å². The Balaban J connectivity index is 2.33. The first-order chi connectivity index (χ1) is 8.63. The Morgan fingerprint density at radius 1 is 1.22 bits per heavy atom. The highest BCUT2D eigenvalue weighted by Crippen LogP contribution is 2.14. The van der Waals surface area contributed by atoms with Crippen LogP contribution in [-0.2, 0) is 9.53 Å². The molecule has 0 N–H and O–H groups in total. The molecule has 18 heavy (non-hydrogen) atoms. The van der Waals surface area contributed by atoms with Crippen molar-refractivity contribution in [3.05, 3.63) is 30.3 Å². The molecule has 0 aliphatic carbocycles. The monoisotopic (exact) mass is 250 g/mol. The number of carbonyl (C=O) groups is 1. The highest BCUT2D eigenvalue weighted by molar-refractivity contribution is 5.72. The second-order valence-corrected chi connectivity index (χ2v) is 4.54. The zero-order chi connectivity index (χ0) is 13.4. The highest BCUT2D eigenvalue weighted by atomic mass is 16.5. The quantitative estimate of drug-likeness (QED) is 0.695. The summed E-state index contributed by atoms with van der Waals surface area (Å²) < 4.78 is 10.8. The van der Waals surface area contributed by atoms with Gasteiger partial charge < -0.3 is 9.47 Å². The molecule has 3 nitrogen and oxygen atoms in total. The summed E-state index contributed by atoms with van der Waals surface area (Å²) in [5.41, 5.74) is 0. The molecule has 1 aromatic rings. The van der Waals surface area contributed by atoms with Crippen LogP contribution in [0.25, 0.3) is 0 Å². The van der Waals surface area contributed by atoms with Crippen LogP contribution in [0.4, 0.5) is 0 Å². The largest absolute Gasteiger partial charge is 0.494 e. The van der Waals surface area contributed by atoms with E-state index in [-0.39, 0.29) is 18.0 Å². The Hall–Kier alpha value is -1.51. The van der Waals surface area contributed by atoms with Crippen LogP contribution in [0.3, 0.4) is 0 Å². The van der Waals surface area contributed by atoms with Gasteiger partial charge in [-0.25, -0.2) is 0 Å². The average molecular weight is 250 g/mol. The topological polar surface area (TPSA) is 35.5 Å². The van der Waals surface area contributed by atoms with Gasteiger partial charge in [-0.2, -0.15) is 0 Å². The van der Waals surface area contributed by atoms with Gasteiger partial charge >= 0.3 is 5.97 Å². The van der Waals surface area contributed by atoms with E-state index in [1.54, 1.807) is 0 Å².